The number of rotatable bonds is 10. The summed E-state index contributed by atoms with van der Waals surface area (Å²) in [6, 6.07) is 0. The molecule has 0 spiro atoms. The van der Waals surface area contributed by atoms with E-state index in [0.29, 0.717) is 41.5 Å². The number of ether oxygens (including phenoxy) is 1. The second-order valence-electron chi connectivity index (χ2n) is 14.0. The molecule has 1 aliphatic carbocycles. The van der Waals surface area contributed by atoms with Crippen molar-refractivity contribution in [2.24, 2.45) is 23.2 Å². The molecule has 0 aromatic carbocycles. The third-order valence-corrected chi connectivity index (χ3v) is 16.3. The summed E-state index contributed by atoms with van der Waals surface area (Å²) in [6.45, 7) is 30.3. The van der Waals surface area contributed by atoms with Gasteiger partial charge in [-0.1, -0.05) is 92.8 Å². The summed E-state index contributed by atoms with van der Waals surface area (Å²) in [5.41, 5.74) is 6.93. The van der Waals surface area contributed by atoms with Crippen molar-refractivity contribution in [3.05, 3.63) is 23.3 Å². The monoisotopic (exact) mass is 544 g/mol. The van der Waals surface area contributed by atoms with Crippen molar-refractivity contribution in [3.63, 3.8) is 0 Å². The number of aldehydes is 1. The lowest BCUT2D eigenvalue weighted by atomic mass is 9.56. The molecule has 1 fully saturated rings. The van der Waals surface area contributed by atoms with E-state index in [1.165, 1.54) is 17.4 Å². The molecule has 37 heavy (non-hydrogen) atoms. The van der Waals surface area contributed by atoms with Crippen LogP contribution in [0.2, 0.25) is 36.3 Å². The van der Waals surface area contributed by atoms with Crippen LogP contribution in [0.3, 0.4) is 0 Å². The molecular formula is C32H56O3Si2. The van der Waals surface area contributed by atoms with Crippen LogP contribution in [0.1, 0.15) is 82.1 Å². The molecule has 0 radical (unpaired) electrons. The molecule has 0 saturated carbocycles. The Balaban J connectivity index is 2.47. The Morgan fingerprint density at radius 2 is 1.68 bits per heavy atom. The minimum Gasteiger partial charge on any atom is -0.412 e. The van der Waals surface area contributed by atoms with Crippen LogP contribution in [0, 0.1) is 34.6 Å². The average Bonchev–Trinajstić information content (AvgIpc) is 3.11. The van der Waals surface area contributed by atoms with Crippen molar-refractivity contribution in [1.29, 1.82) is 0 Å². The third kappa shape index (κ3) is 6.45. The van der Waals surface area contributed by atoms with Crippen LogP contribution in [0.15, 0.2) is 23.3 Å². The van der Waals surface area contributed by atoms with Crippen LogP contribution in [-0.2, 0) is 14.0 Å². The van der Waals surface area contributed by atoms with Crippen molar-refractivity contribution in [1.82, 2.24) is 0 Å². The van der Waals surface area contributed by atoms with Crippen LogP contribution in [-0.4, -0.2) is 41.5 Å². The predicted molar refractivity (Wildman–Crippen MR) is 164 cm³/mol. The molecule has 5 heteroatoms. The van der Waals surface area contributed by atoms with Gasteiger partial charge in [-0.2, -0.15) is 0 Å². The molecule has 0 unspecified atom stereocenters. The van der Waals surface area contributed by atoms with Crippen molar-refractivity contribution >= 4 is 22.7 Å². The fraction of sp³-hybridized carbons (Fsp3) is 0.781. The molecule has 1 heterocycles. The first-order valence-corrected chi connectivity index (χ1v) is 20.3. The molecule has 1 saturated heterocycles. The fourth-order valence-corrected chi connectivity index (χ4v) is 13.5. The van der Waals surface area contributed by atoms with Crippen LogP contribution in [0.25, 0.3) is 0 Å². The predicted octanol–water partition coefficient (Wildman–Crippen LogP) is 8.59. The fourth-order valence-electron chi connectivity index (χ4n) is 7.46. The summed E-state index contributed by atoms with van der Waals surface area (Å²) in [5, 5.41) is 0. The van der Waals surface area contributed by atoms with Crippen molar-refractivity contribution in [2.45, 2.75) is 131 Å². The lowest BCUT2D eigenvalue weighted by molar-refractivity contribution is -0.119. The first kappa shape index (κ1) is 32.3. The number of allylic oxidation sites excluding steroid dienone is 1. The van der Waals surface area contributed by atoms with Gasteiger partial charge in [0.05, 0.1) is 24.2 Å². The maximum absolute atomic E-state index is 13.1. The Bertz CT molecular complexity index is 891. The molecule has 0 aromatic rings. The molecular weight excluding hydrogens is 489 g/mol. The zero-order valence-corrected chi connectivity index (χ0v) is 28.2. The van der Waals surface area contributed by atoms with Crippen molar-refractivity contribution < 1.29 is 14.0 Å². The molecule has 2 rings (SSSR count). The minimum atomic E-state index is -1.95. The van der Waals surface area contributed by atoms with E-state index in [9.17, 15) is 4.79 Å². The Hall–Kier alpha value is -0.936. The smallest absolute Gasteiger partial charge is 0.200 e. The highest BCUT2D eigenvalue weighted by Gasteiger charge is 2.61. The zero-order valence-electron chi connectivity index (χ0n) is 26.2. The number of carbonyl (C=O) groups excluding carboxylic acids is 1. The molecule has 1 aliphatic heterocycles. The van der Waals surface area contributed by atoms with E-state index in [4.69, 9.17) is 9.16 Å². The third-order valence-electron chi connectivity index (χ3n) is 9.26. The molecule has 0 N–H and O–H groups in total. The van der Waals surface area contributed by atoms with Gasteiger partial charge in [-0.3, -0.25) is 0 Å². The quantitative estimate of drug-likeness (QED) is 0.120. The van der Waals surface area contributed by atoms with Crippen LogP contribution < -0.4 is 0 Å². The standard InChI is InChI=1S/C32H56O3Si2/c1-22(2)28-17-16-27(10)32(21-33)29(15-14-20-36(11,12)13)35-31(30(28)32)26(9)18-19-34-37(23(3)4,24(5)6)25(7)8/h16,18,21-25,28-31H,15,17,19H2,1-13H3/b26-18+/t28-,29-,30+,31+,32-/m1/s1. The summed E-state index contributed by atoms with van der Waals surface area (Å²) >= 11 is 0. The van der Waals surface area contributed by atoms with Gasteiger partial charge in [0.1, 0.15) is 14.4 Å². The van der Waals surface area contributed by atoms with Crippen LogP contribution in [0.5, 0.6) is 0 Å². The SMILES string of the molecule is CC1=CC[C@H](C(C)C)[C@H]2[C@H](/C(C)=C/CO[Si](C(C)C)(C(C)C)C(C)C)O[C@H](CC#C[Si](C)(C)C)[C@@]12C=O. The normalized spacial score (nSPS) is 29.0. The Kier molecular flexibility index (Phi) is 10.9. The summed E-state index contributed by atoms with van der Waals surface area (Å²) in [5.74, 6) is 4.45. The van der Waals surface area contributed by atoms with E-state index in [0.717, 1.165) is 6.42 Å². The Labute approximate surface area is 231 Å². The van der Waals surface area contributed by atoms with Crippen LogP contribution >= 0.6 is 0 Å². The van der Waals surface area contributed by atoms with E-state index >= 15 is 0 Å². The number of fused-ring (bicyclic) bond motifs is 1. The number of hydrogen-bond acceptors (Lipinski definition) is 3. The summed E-state index contributed by atoms with van der Waals surface area (Å²) in [4.78, 5) is 13.1. The number of carbonyl (C=O) groups is 1. The van der Waals surface area contributed by atoms with Gasteiger partial charge < -0.3 is 14.0 Å². The lowest BCUT2D eigenvalue weighted by Crippen LogP contribution is -2.48. The molecule has 3 nitrogen and oxygen atoms in total. The highest BCUT2D eigenvalue weighted by atomic mass is 28.4. The van der Waals surface area contributed by atoms with Gasteiger partial charge in [0.15, 0.2) is 0 Å². The van der Waals surface area contributed by atoms with Gasteiger partial charge in [-0.05, 0) is 54.3 Å². The van der Waals surface area contributed by atoms with Gasteiger partial charge in [0, 0.05) is 12.3 Å². The molecule has 2 aliphatic rings. The van der Waals surface area contributed by atoms with Gasteiger partial charge >= 0.3 is 0 Å². The maximum Gasteiger partial charge on any atom is 0.200 e. The van der Waals surface area contributed by atoms with E-state index in [1.54, 1.807) is 0 Å². The van der Waals surface area contributed by atoms with Gasteiger partial charge in [-0.15, -0.1) is 11.5 Å². The van der Waals surface area contributed by atoms with Gasteiger partial charge in [-0.25, -0.2) is 0 Å². The molecule has 0 bridgehead atoms. The average molecular weight is 545 g/mol. The Morgan fingerprint density at radius 3 is 2.14 bits per heavy atom. The minimum absolute atomic E-state index is 0.0863. The molecule has 0 amide bonds. The molecule has 0 aromatic heterocycles. The van der Waals surface area contributed by atoms with Crippen molar-refractivity contribution in [3.8, 4) is 11.5 Å². The second-order valence-corrected chi connectivity index (χ2v) is 24.2. The summed E-state index contributed by atoms with van der Waals surface area (Å²) in [7, 11) is -3.45. The van der Waals surface area contributed by atoms with E-state index < -0.39 is 21.8 Å². The van der Waals surface area contributed by atoms with E-state index in [1.807, 2.05) is 0 Å². The molecule has 5 atom stereocenters. The molecule has 210 valence electrons. The highest BCUT2D eigenvalue weighted by Crippen LogP contribution is 2.58. The topological polar surface area (TPSA) is 35.5 Å². The maximum atomic E-state index is 13.1. The highest BCUT2D eigenvalue weighted by molar-refractivity contribution is 6.83. The largest absolute Gasteiger partial charge is 0.412 e. The summed E-state index contributed by atoms with van der Waals surface area (Å²) < 4.78 is 13.7. The van der Waals surface area contributed by atoms with Gasteiger partial charge in [0.2, 0.25) is 8.32 Å². The number of hydrogen-bond donors (Lipinski definition) is 0. The van der Waals surface area contributed by atoms with Crippen molar-refractivity contribution in [2.75, 3.05) is 6.61 Å². The lowest BCUT2D eigenvalue weighted by Gasteiger charge is -2.44. The summed E-state index contributed by atoms with van der Waals surface area (Å²) in [6.07, 6.45) is 7.10. The van der Waals surface area contributed by atoms with E-state index in [-0.39, 0.29) is 18.1 Å². The second kappa shape index (κ2) is 12.5. The first-order chi connectivity index (χ1) is 17.1. The van der Waals surface area contributed by atoms with E-state index in [2.05, 4.69) is 112 Å². The first-order valence-electron chi connectivity index (χ1n) is 14.7. The Morgan fingerprint density at radius 1 is 1.11 bits per heavy atom. The van der Waals surface area contributed by atoms with Gasteiger partial charge in [0.25, 0.3) is 0 Å². The zero-order chi connectivity index (χ0) is 28.3. The van der Waals surface area contributed by atoms with Crippen LogP contribution in [0.4, 0.5) is 0 Å².